The number of nitrogens with one attached hydrogen (secondary N) is 1. The number of ether oxygens (including phenoxy) is 1. The van der Waals surface area contributed by atoms with Gasteiger partial charge in [0, 0.05) is 44.1 Å². The molecular weight excluding hydrogens is 300 g/mol. The van der Waals surface area contributed by atoms with Crippen molar-refractivity contribution in [3.8, 4) is 5.75 Å². The predicted octanol–water partition coefficient (Wildman–Crippen LogP) is 2.31. The van der Waals surface area contributed by atoms with Gasteiger partial charge in [0.15, 0.2) is 0 Å². The van der Waals surface area contributed by atoms with E-state index < -0.39 is 0 Å². The number of fused-ring (bicyclic) bond motifs is 1. The van der Waals surface area contributed by atoms with Gasteiger partial charge in [-0.25, -0.2) is 0 Å². The summed E-state index contributed by atoms with van der Waals surface area (Å²) in [6.45, 7) is 9.46. The summed E-state index contributed by atoms with van der Waals surface area (Å²) in [6, 6.07) is 8.37. The molecule has 0 radical (unpaired) electrons. The molecule has 2 atom stereocenters. The number of anilines is 1. The molecule has 1 aromatic rings. The van der Waals surface area contributed by atoms with Gasteiger partial charge in [0.05, 0.1) is 18.8 Å². The van der Waals surface area contributed by atoms with E-state index in [-0.39, 0.29) is 6.10 Å². The van der Waals surface area contributed by atoms with E-state index in [0.717, 1.165) is 50.3 Å². The average molecular weight is 326 g/mol. The van der Waals surface area contributed by atoms with Crippen molar-refractivity contribution >= 4 is 11.9 Å². The normalized spacial score (nSPS) is 26.0. The number of rotatable bonds is 4. The van der Waals surface area contributed by atoms with E-state index in [1.54, 1.807) is 0 Å². The molecule has 0 aliphatic carbocycles. The molecule has 128 valence electrons. The van der Waals surface area contributed by atoms with Gasteiger partial charge in [0.2, 0.25) is 0 Å². The molecule has 5 nitrogen and oxygen atoms in total. The van der Waals surface area contributed by atoms with Crippen LogP contribution < -0.4 is 15.0 Å². The Morgan fingerprint density at radius 1 is 1.21 bits per heavy atom. The van der Waals surface area contributed by atoms with E-state index in [1.807, 2.05) is 18.5 Å². The molecule has 1 aromatic carbocycles. The van der Waals surface area contributed by atoms with Crippen LogP contribution in [0.2, 0.25) is 0 Å². The van der Waals surface area contributed by atoms with E-state index in [1.165, 1.54) is 11.5 Å². The minimum atomic E-state index is 0.184. The van der Waals surface area contributed by atoms with Crippen LogP contribution in [-0.4, -0.2) is 49.9 Å². The van der Waals surface area contributed by atoms with E-state index in [9.17, 15) is 0 Å². The Balaban J connectivity index is 1.56. The van der Waals surface area contributed by atoms with Gasteiger partial charge in [0.1, 0.15) is 11.6 Å². The summed E-state index contributed by atoms with van der Waals surface area (Å²) in [5.41, 5.74) is 1.17. The van der Waals surface area contributed by atoms with Gasteiger partial charge < -0.3 is 19.9 Å². The summed E-state index contributed by atoms with van der Waals surface area (Å²) in [4.78, 5) is 9.27. The number of nitrogens with zero attached hydrogens (tertiary/aromatic N) is 3. The molecule has 3 aliphatic heterocycles. The molecule has 0 amide bonds. The Labute approximate surface area is 144 Å². The third kappa shape index (κ3) is 3.00. The quantitative estimate of drug-likeness (QED) is 0.922. The zero-order valence-electron chi connectivity index (χ0n) is 14.5. The summed E-state index contributed by atoms with van der Waals surface area (Å²) in [7, 11) is 0. The molecular formula is C19H26N4O. The van der Waals surface area contributed by atoms with Gasteiger partial charge in [-0.15, -0.1) is 0 Å². The van der Waals surface area contributed by atoms with Crippen LogP contribution in [0.5, 0.6) is 5.75 Å². The highest BCUT2D eigenvalue weighted by atomic mass is 16.5. The number of likely N-dealkylation sites (tertiary alicyclic amines) is 1. The van der Waals surface area contributed by atoms with Crippen LogP contribution in [0.15, 0.2) is 41.3 Å². The molecule has 3 heterocycles. The summed E-state index contributed by atoms with van der Waals surface area (Å²) in [5.74, 6) is 3.68. The van der Waals surface area contributed by atoms with Crippen molar-refractivity contribution in [1.29, 1.82) is 0 Å². The molecule has 2 saturated heterocycles. The van der Waals surface area contributed by atoms with E-state index in [4.69, 9.17) is 4.74 Å². The molecule has 0 aromatic heterocycles. The van der Waals surface area contributed by atoms with Crippen LogP contribution in [0.25, 0.3) is 0 Å². The van der Waals surface area contributed by atoms with Gasteiger partial charge in [0.25, 0.3) is 0 Å². The molecule has 24 heavy (non-hydrogen) atoms. The maximum absolute atomic E-state index is 5.87. The van der Waals surface area contributed by atoms with Crippen molar-refractivity contribution in [2.45, 2.75) is 20.0 Å². The minimum absolute atomic E-state index is 0.184. The van der Waals surface area contributed by atoms with Crippen molar-refractivity contribution in [2.24, 2.45) is 16.8 Å². The van der Waals surface area contributed by atoms with Gasteiger partial charge in [-0.2, -0.15) is 0 Å². The predicted molar refractivity (Wildman–Crippen MR) is 97.5 cm³/mol. The van der Waals surface area contributed by atoms with Crippen molar-refractivity contribution in [2.75, 3.05) is 37.6 Å². The first kappa shape index (κ1) is 15.5. The van der Waals surface area contributed by atoms with Crippen molar-refractivity contribution in [3.05, 3.63) is 36.3 Å². The molecule has 4 rings (SSSR count). The SMILES string of the molecule is CC(C)Oc1cccc(N2CC=NC=C2N2C[C@H]3CNC[C@H]3C2)c1. The van der Waals surface area contributed by atoms with Crippen molar-refractivity contribution < 1.29 is 4.74 Å². The first-order chi connectivity index (χ1) is 11.7. The summed E-state index contributed by atoms with van der Waals surface area (Å²) in [5, 5.41) is 3.51. The molecule has 1 N–H and O–H groups in total. The number of benzene rings is 1. The van der Waals surface area contributed by atoms with Crippen LogP contribution in [-0.2, 0) is 0 Å². The highest BCUT2D eigenvalue weighted by Crippen LogP contribution is 2.33. The van der Waals surface area contributed by atoms with Crippen molar-refractivity contribution in [1.82, 2.24) is 10.2 Å². The fraction of sp³-hybridized carbons (Fsp3) is 0.526. The van der Waals surface area contributed by atoms with Crippen LogP contribution in [0.4, 0.5) is 5.69 Å². The Morgan fingerprint density at radius 3 is 2.75 bits per heavy atom. The van der Waals surface area contributed by atoms with E-state index >= 15 is 0 Å². The second-order valence-electron chi connectivity index (χ2n) is 7.18. The zero-order valence-corrected chi connectivity index (χ0v) is 14.5. The van der Waals surface area contributed by atoms with Crippen LogP contribution in [0, 0.1) is 11.8 Å². The minimum Gasteiger partial charge on any atom is -0.491 e. The van der Waals surface area contributed by atoms with Gasteiger partial charge >= 0.3 is 0 Å². The van der Waals surface area contributed by atoms with Gasteiger partial charge in [-0.1, -0.05) is 6.07 Å². The maximum atomic E-state index is 5.87. The van der Waals surface area contributed by atoms with Gasteiger partial charge in [-0.05, 0) is 37.8 Å². The Bertz CT molecular complexity index is 643. The lowest BCUT2D eigenvalue weighted by atomic mass is 10.0. The van der Waals surface area contributed by atoms with Gasteiger partial charge in [-0.3, -0.25) is 4.99 Å². The molecule has 5 heteroatoms. The maximum Gasteiger partial charge on any atom is 0.128 e. The number of hydrogen-bond acceptors (Lipinski definition) is 5. The summed E-state index contributed by atoms with van der Waals surface area (Å²) < 4.78 is 5.87. The van der Waals surface area contributed by atoms with E-state index in [0.29, 0.717) is 0 Å². The lowest BCUT2D eigenvalue weighted by Crippen LogP contribution is -2.38. The fourth-order valence-electron chi connectivity index (χ4n) is 3.94. The van der Waals surface area contributed by atoms with Crippen LogP contribution in [0.3, 0.4) is 0 Å². The second kappa shape index (κ2) is 6.48. The summed E-state index contributed by atoms with van der Waals surface area (Å²) in [6.07, 6.45) is 4.16. The average Bonchev–Trinajstić information content (AvgIpc) is 3.16. The van der Waals surface area contributed by atoms with Crippen LogP contribution >= 0.6 is 0 Å². The summed E-state index contributed by atoms with van der Waals surface area (Å²) >= 11 is 0. The second-order valence-corrected chi connectivity index (χ2v) is 7.18. The molecule has 0 saturated carbocycles. The fourth-order valence-corrected chi connectivity index (χ4v) is 3.94. The first-order valence-corrected chi connectivity index (χ1v) is 8.92. The zero-order chi connectivity index (χ0) is 16.5. The lowest BCUT2D eigenvalue weighted by molar-refractivity contribution is 0.242. The molecule has 0 bridgehead atoms. The molecule has 0 spiro atoms. The van der Waals surface area contributed by atoms with Crippen LogP contribution in [0.1, 0.15) is 13.8 Å². The molecule has 2 fully saturated rings. The number of aliphatic imine (C=N–C) groups is 1. The molecule has 0 unspecified atom stereocenters. The third-order valence-corrected chi connectivity index (χ3v) is 5.05. The highest BCUT2D eigenvalue weighted by molar-refractivity contribution is 5.71. The third-order valence-electron chi connectivity index (χ3n) is 5.05. The smallest absolute Gasteiger partial charge is 0.128 e. The topological polar surface area (TPSA) is 40.1 Å². The van der Waals surface area contributed by atoms with E-state index in [2.05, 4.69) is 52.2 Å². The number of hydrogen-bond donors (Lipinski definition) is 1. The molecule has 3 aliphatic rings. The Morgan fingerprint density at radius 2 is 2.00 bits per heavy atom. The lowest BCUT2D eigenvalue weighted by Gasteiger charge is -2.34. The highest BCUT2D eigenvalue weighted by Gasteiger charge is 2.38. The first-order valence-electron chi connectivity index (χ1n) is 8.92. The van der Waals surface area contributed by atoms with Crippen molar-refractivity contribution in [3.63, 3.8) is 0 Å². The largest absolute Gasteiger partial charge is 0.491 e. The Kier molecular flexibility index (Phi) is 4.19. The Hall–Kier alpha value is -2.01. The standard InChI is InChI=1S/C19H26N4O/c1-14(2)24-18-5-3-4-17(8-18)23-7-6-20-11-19(23)22-12-15-9-21-10-16(15)13-22/h3-6,8,11,14-16,21H,7,9-10,12-13H2,1-2H3/t15-,16+. The monoisotopic (exact) mass is 326 g/mol.